The number of aliphatic imine (C=N–C) groups is 1. The standard InChI is InChI=1S/C18H32N2O/c1-6-17(19-5)11-15(3)20(14-21)13-16-9-8-10-18(4,7-2)12-16/h11,14,16H,6-10,12-13H2,1-5H3/b15-11+,19-17-. The Bertz CT molecular complexity index is 400. The van der Waals surface area contributed by atoms with Gasteiger partial charge in [-0.1, -0.05) is 33.6 Å². The Labute approximate surface area is 130 Å². The Morgan fingerprint density at radius 2 is 2.14 bits per heavy atom. The number of nitrogens with zero attached hydrogens (tertiary/aromatic N) is 2. The molecule has 0 radical (unpaired) electrons. The van der Waals surface area contributed by atoms with Gasteiger partial charge in [-0.15, -0.1) is 0 Å². The Balaban J connectivity index is 2.71. The second-order valence-corrected chi connectivity index (χ2v) is 6.74. The monoisotopic (exact) mass is 292 g/mol. The van der Waals surface area contributed by atoms with Gasteiger partial charge in [0.1, 0.15) is 0 Å². The molecule has 0 aromatic rings. The molecule has 0 N–H and O–H groups in total. The van der Waals surface area contributed by atoms with E-state index in [2.05, 4.69) is 25.8 Å². The van der Waals surface area contributed by atoms with E-state index in [0.717, 1.165) is 30.8 Å². The summed E-state index contributed by atoms with van der Waals surface area (Å²) >= 11 is 0. The third-order valence-electron chi connectivity index (χ3n) is 5.09. The average molecular weight is 292 g/mol. The summed E-state index contributed by atoms with van der Waals surface area (Å²) in [7, 11) is 1.81. The van der Waals surface area contributed by atoms with E-state index in [4.69, 9.17) is 0 Å². The van der Waals surface area contributed by atoms with E-state index < -0.39 is 0 Å². The van der Waals surface area contributed by atoms with Crippen LogP contribution < -0.4 is 0 Å². The Hall–Kier alpha value is -1.12. The second-order valence-electron chi connectivity index (χ2n) is 6.74. The quantitative estimate of drug-likeness (QED) is 0.504. The average Bonchev–Trinajstić information content (AvgIpc) is 2.50. The van der Waals surface area contributed by atoms with E-state index in [1.54, 1.807) is 0 Å². The minimum atomic E-state index is 0.467. The topological polar surface area (TPSA) is 32.7 Å². The molecule has 0 aliphatic heterocycles. The van der Waals surface area contributed by atoms with Gasteiger partial charge in [0, 0.05) is 25.0 Å². The fraction of sp³-hybridized carbons (Fsp3) is 0.778. The number of carbonyl (C=O) groups excluding carboxylic acids is 1. The fourth-order valence-corrected chi connectivity index (χ4v) is 3.39. The molecule has 3 heteroatoms. The van der Waals surface area contributed by atoms with Crippen molar-refractivity contribution in [3.05, 3.63) is 11.8 Å². The van der Waals surface area contributed by atoms with Crippen molar-refractivity contribution in [2.24, 2.45) is 16.3 Å². The molecule has 0 spiro atoms. The molecule has 1 amide bonds. The fourth-order valence-electron chi connectivity index (χ4n) is 3.39. The number of amides is 1. The molecular weight excluding hydrogens is 260 g/mol. The number of rotatable bonds is 7. The van der Waals surface area contributed by atoms with Gasteiger partial charge < -0.3 is 4.90 Å². The first-order valence-corrected chi connectivity index (χ1v) is 8.34. The van der Waals surface area contributed by atoms with Crippen molar-refractivity contribution in [3.8, 4) is 0 Å². The van der Waals surface area contributed by atoms with Crippen LogP contribution >= 0.6 is 0 Å². The summed E-state index contributed by atoms with van der Waals surface area (Å²) in [6, 6.07) is 0. The van der Waals surface area contributed by atoms with Crippen LogP contribution in [0.5, 0.6) is 0 Å². The molecule has 1 fully saturated rings. The maximum absolute atomic E-state index is 11.5. The number of hydrogen-bond donors (Lipinski definition) is 0. The predicted octanol–water partition coefficient (Wildman–Crippen LogP) is 4.44. The van der Waals surface area contributed by atoms with Crippen molar-refractivity contribution in [2.45, 2.75) is 66.2 Å². The Morgan fingerprint density at radius 3 is 2.67 bits per heavy atom. The van der Waals surface area contributed by atoms with Crippen LogP contribution in [0, 0.1) is 11.3 Å². The van der Waals surface area contributed by atoms with Crippen LogP contribution in [0.25, 0.3) is 0 Å². The van der Waals surface area contributed by atoms with Crippen molar-refractivity contribution in [3.63, 3.8) is 0 Å². The SMILES string of the molecule is CCC(/C=C(\C)N(C=O)CC1CCCC(C)(CC)C1)=N/C. The smallest absolute Gasteiger partial charge is 0.213 e. The molecule has 3 nitrogen and oxygen atoms in total. The van der Waals surface area contributed by atoms with Crippen molar-refractivity contribution in [1.82, 2.24) is 4.90 Å². The molecule has 120 valence electrons. The lowest BCUT2D eigenvalue weighted by Crippen LogP contribution is -2.33. The summed E-state index contributed by atoms with van der Waals surface area (Å²) in [5.41, 5.74) is 2.52. The molecule has 1 saturated carbocycles. The number of hydrogen-bond acceptors (Lipinski definition) is 2. The zero-order chi connectivity index (χ0) is 15.9. The van der Waals surface area contributed by atoms with Gasteiger partial charge in [-0.05, 0) is 50.0 Å². The van der Waals surface area contributed by atoms with Gasteiger partial charge in [0.2, 0.25) is 6.41 Å². The van der Waals surface area contributed by atoms with Crippen LogP contribution in [0.1, 0.15) is 66.2 Å². The lowest BCUT2D eigenvalue weighted by Gasteiger charge is -2.39. The molecule has 0 aromatic heterocycles. The normalized spacial score (nSPS) is 27.6. The van der Waals surface area contributed by atoms with E-state index in [1.165, 1.54) is 32.1 Å². The van der Waals surface area contributed by atoms with Crippen LogP contribution in [0.15, 0.2) is 16.8 Å². The van der Waals surface area contributed by atoms with Crippen molar-refractivity contribution < 1.29 is 4.79 Å². The molecule has 1 rings (SSSR count). The first kappa shape index (κ1) is 17.9. The summed E-state index contributed by atoms with van der Waals surface area (Å²) in [6.07, 6.45) is 10.3. The van der Waals surface area contributed by atoms with E-state index in [9.17, 15) is 4.79 Å². The van der Waals surface area contributed by atoms with Gasteiger partial charge in [0.25, 0.3) is 0 Å². The summed E-state index contributed by atoms with van der Waals surface area (Å²) in [5, 5.41) is 0. The Kier molecular flexibility index (Phi) is 7.13. The molecule has 2 atom stereocenters. The van der Waals surface area contributed by atoms with Crippen LogP contribution in [-0.2, 0) is 4.79 Å². The zero-order valence-electron chi connectivity index (χ0n) is 14.5. The maximum Gasteiger partial charge on any atom is 0.213 e. The highest BCUT2D eigenvalue weighted by atomic mass is 16.1. The maximum atomic E-state index is 11.5. The highest BCUT2D eigenvalue weighted by molar-refractivity contribution is 5.95. The zero-order valence-corrected chi connectivity index (χ0v) is 14.5. The van der Waals surface area contributed by atoms with Crippen LogP contribution in [-0.4, -0.2) is 30.6 Å². The molecule has 1 aliphatic rings. The second kappa shape index (κ2) is 8.35. The summed E-state index contributed by atoms with van der Waals surface area (Å²) in [6.45, 7) is 9.63. The highest BCUT2D eigenvalue weighted by Gasteiger charge is 2.31. The van der Waals surface area contributed by atoms with E-state index >= 15 is 0 Å². The summed E-state index contributed by atoms with van der Waals surface area (Å²) in [4.78, 5) is 17.6. The van der Waals surface area contributed by atoms with Gasteiger partial charge in [0.15, 0.2) is 0 Å². The van der Waals surface area contributed by atoms with Crippen LogP contribution in [0.2, 0.25) is 0 Å². The number of allylic oxidation sites excluding steroid dienone is 2. The van der Waals surface area contributed by atoms with E-state index in [-0.39, 0.29) is 0 Å². The van der Waals surface area contributed by atoms with E-state index in [0.29, 0.717) is 11.3 Å². The van der Waals surface area contributed by atoms with Gasteiger partial charge >= 0.3 is 0 Å². The lowest BCUT2D eigenvalue weighted by atomic mass is 9.69. The van der Waals surface area contributed by atoms with Crippen LogP contribution in [0.4, 0.5) is 0 Å². The van der Waals surface area contributed by atoms with Crippen molar-refractivity contribution in [2.75, 3.05) is 13.6 Å². The van der Waals surface area contributed by atoms with Crippen LogP contribution in [0.3, 0.4) is 0 Å². The largest absolute Gasteiger partial charge is 0.319 e. The van der Waals surface area contributed by atoms with Crippen molar-refractivity contribution >= 4 is 12.1 Å². The van der Waals surface area contributed by atoms with Gasteiger partial charge in [-0.2, -0.15) is 0 Å². The summed E-state index contributed by atoms with van der Waals surface area (Å²) < 4.78 is 0. The molecule has 21 heavy (non-hydrogen) atoms. The van der Waals surface area contributed by atoms with E-state index in [1.807, 2.05) is 24.9 Å². The Morgan fingerprint density at radius 1 is 1.43 bits per heavy atom. The number of carbonyl (C=O) groups is 1. The minimum absolute atomic E-state index is 0.467. The minimum Gasteiger partial charge on any atom is -0.319 e. The molecule has 0 aromatic carbocycles. The predicted molar refractivity (Wildman–Crippen MR) is 90.5 cm³/mol. The van der Waals surface area contributed by atoms with Gasteiger partial charge in [0.05, 0.1) is 0 Å². The molecule has 0 heterocycles. The first-order valence-electron chi connectivity index (χ1n) is 8.34. The molecular formula is C18H32N2O. The van der Waals surface area contributed by atoms with Gasteiger partial charge in [-0.25, -0.2) is 0 Å². The summed E-state index contributed by atoms with van der Waals surface area (Å²) in [5.74, 6) is 0.626. The van der Waals surface area contributed by atoms with Crippen molar-refractivity contribution in [1.29, 1.82) is 0 Å². The molecule has 0 bridgehead atoms. The molecule has 0 saturated heterocycles. The molecule has 2 unspecified atom stereocenters. The third-order valence-corrected chi connectivity index (χ3v) is 5.09. The highest BCUT2D eigenvalue weighted by Crippen LogP contribution is 2.41. The lowest BCUT2D eigenvalue weighted by molar-refractivity contribution is -0.117. The third kappa shape index (κ3) is 5.29. The molecule has 1 aliphatic carbocycles. The van der Waals surface area contributed by atoms with Gasteiger partial charge in [-0.3, -0.25) is 9.79 Å². The first-order chi connectivity index (χ1) is 9.97.